The van der Waals surface area contributed by atoms with Gasteiger partial charge in [-0.15, -0.1) is 0 Å². The summed E-state index contributed by atoms with van der Waals surface area (Å²) in [4.78, 5) is 26.5. The molecule has 0 radical (unpaired) electrons. The van der Waals surface area contributed by atoms with E-state index in [4.69, 9.17) is 4.74 Å². The van der Waals surface area contributed by atoms with Crippen molar-refractivity contribution in [2.75, 3.05) is 19.6 Å². The Morgan fingerprint density at radius 2 is 1.72 bits per heavy atom. The smallest absolute Gasteiger partial charge is 0.410 e. The van der Waals surface area contributed by atoms with E-state index in [1.54, 1.807) is 0 Å². The molecule has 0 aromatic heterocycles. The first kappa shape index (κ1) is 15.8. The van der Waals surface area contributed by atoms with Crippen LogP contribution in [-0.4, -0.2) is 36.4 Å². The van der Waals surface area contributed by atoms with Crippen LogP contribution in [0.2, 0.25) is 0 Å². The monoisotopic (exact) mass is 336 g/mol. The fourth-order valence-corrected chi connectivity index (χ4v) is 3.74. The topological polar surface area (TPSA) is 58.6 Å². The van der Waals surface area contributed by atoms with Gasteiger partial charge in [0, 0.05) is 24.2 Å². The van der Waals surface area contributed by atoms with Crippen LogP contribution in [0.15, 0.2) is 54.6 Å². The van der Waals surface area contributed by atoms with Crippen molar-refractivity contribution in [2.45, 2.75) is 18.4 Å². The number of fused-ring (bicyclic) bond motifs is 2. The summed E-state index contributed by atoms with van der Waals surface area (Å²) in [6, 6.07) is 17.1. The predicted molar refractivity (Wildman–Crippen MR) is 93.7 cm³/mol. The highest BCUT2D eigenvalue weighted by molar-refractivity contribution is 5.97. The first-order chi connectivity index (χ1) is 12.2. The summed E-state index contributed by atoms with van der Waals surface area (Å²) < 4.78 is 5.29. The van der Waals surface area contributed by atoms with Crippen LogP contribution in [0.4, 0.5) is 4.79 Å². The molecule has 4 rings (SSSR count). The lowest BCUT2D eigenvalue weighted by atomic mass is 9.79. The minimum Gasteiger partial charge on any atom is -0.410 e. The quantitative estimate of drug-likeness (QED) is 0.876. The molecule has 1 N–H and O–H groups in total. The van der Waals surface area contributed by atoms with Gasteiger partial charge in [-0.05, 0) is 18.9 Å². The Balaban J connectivity index is 1.47. The number of likely N-dealkylation sites (tertiary alicyclic amines) is 1. The van der Waals surface area contributed by atoms with Crippen LogP contribution in [0, 0.1) is 0 Å². The number of benzene rings is 2. The fraction of sp³-hybridized carbons (Fsp3) is 0.300. The highest BCUT2D eigenvalue weighted by Gasteiger charge is 2.43. The number of piperidine rings is 1. The maximum absolute atomic E-state index is 12.4. The van der Waals surface area contributed by atoms with Crippen molar-refractivity contribution >= 4 is 11.9 Å². The van der Waals surface area contributed by atoms with Crippen molar-refractivity contribution in [3.8, 4) is 5.75 Å². The van der Waals surface area contributed by atoms with E-state index in [0.29, 0.717) is 12.3 Å². The van der Waals surface area contributed by atoms with E-state index in [1.165, 1.54) is 0 Å². The Kier molecular flexibility index (Phi) is 4.01. The van der Waals surface area contributed by atoms with Gasteiger partial charge in [0.1, 0.15) is 5.75 Å². The maximum atomic E-state index is 12.4. The summed E-state index contributed by atoms with van der Waals surface area (Å²) in [5, 5.41) is 3.02. The second-order valence-electron chi connectivity index (χ2n) is 6.66. The number of nitrogens with one attached hydrogen (secondary N) is 1. The molecule has 1 fully saturated rings. The zero-order chi connectivity index (χ0) is 17.3. The van der Waals surface area contributed by atoms with Crippen molar-refractivity contribution in [1.29, 1.82) is 0 Å². The third kappa shape index (κ3) is 3.03. The molecule has 2 aromatic rings. The summed E-state index contributed by atoms with van der Waals surface area (Å²) in [5.74, 6) is 0.771. The van der Waals surface area contributed by atoms with Crippen LogP contribution in [0.25, 0.3) is 0 Å². The molecule has 1 spiro atoms. The molecule has 0 unspecified atom stereocenters. The van der Waals surface area contributed by atoms with Gasteiger partial charge in [0.05, 0.1) is 12.1 Å². The van der Waals surface area contributed by atoms with E-state index in [0.717, 1.165) is 37.1 Å². The number of rotatable bonds is 3. The second kappa shape index (κ2) is 6.33. The summed E-state index contributed by atoms with van der Waals surface area (Å²) in [6.45, 7) is 1.92. The molecular formula is C20H20N2O3. The number of hydrogen-bond acceptors (Lipinski definition) is 4. The van der Waals surface area contributed by atoms with Crippen LogP contribution in [0.1, 0.15) is 28.8 Å². The average Bonchev–Trinajstić information content (AvgIpc) is 2.64. The fourth-order valence-electron chi connectivity index (χ4n) is 3.74. The maximum Gasteiger partial charge on any atom is 0.413 e. The largest absolute Gasteiger partial charge is 0.413 e. The van der Waals surface area contributed by atoms with Gasteiger partial charge in [0.2, 0.25) is 0 Å². The van der Waals surface area contributed by atoms with Gasteiger partial charge >= 0.3 is 6.09 Å². The number of Topliss-reactive ketones (excluding diaryl/α,β-unsaturated/α-hetero) is 1. The Morgan fingerprint density at radius 1 is 1.04 bits per heavy atom. The predicted octanol–water partition coefficient (Wildman–Crippen LogP) is 2.96. The summed E-state index contributed by atoms with van der Waals surface area (Å²) in [6.07, 6.45) is 1.13. The van der Waals surface area contributed by atoms with Gasteiger partial charge < -0.3 is 10.1 Å². The zero-order valence-corrected chi connectivity index (χ0v) is 13.9. The molecule has 5 heteroatoms. The van der Waals surface area contributed by atoms with Gasteiger partial charge in [0.15, 0.2) is 5.78 Å². The molecule has 0 atom stereocenters. The Bertz CT molecular complexity index is 796. The van der Waals surface area contributed by atoms with E-state index in [-0.39, 0.29) is 5.78 Å². The van der Waals surface area contributed by atoms with Crippen LogP contribution in [0.3, 0.4) is 0 Å². The molecule has 2 aromatic carbocycles. The number of ketones is 1. The lowest BCUT2D eigenvalue weighted by Gasteiger charge is -2.44. The molecule has 2 aliphatic heterocycles. The third-order valence-corrected chi connectivity index (χ3v) is 5.12. The van der Waals surface area contributed by atoms with Crippen molar-refractivity contribution in [3.63, 3.8) is 0 Å². The molecule has 0 saturated carbocycles. The molecule has 128 valence electrons. The van der Waals surface area contributed by atoms with E-state index >= 15 is 0 Å². The molecule has 1 saturated heterocycles. The summed E-state index contributed by atoms with van der Waals surface area (Å²) >= 11 is 0. The van der Waals surface area contributed by atoms with E-state index in [1.807, 2.05) is 54.6 Å². The molecule has 5 nitrogen and oxygen atoms in total. The molecular weight excluding hydrogens is 316 g/mol. The van der Waals surface area contributed by atoms with Crippen LogP contribution in [0.5, 0.6) is 5.75 Å². The molecule has 2 aliphatic rings. The number of carbonyl (C=O) groups is 2. The van der Waals surface area contributed by atoms with E-state index in [9.17, 15) is 9.59 Å². The number of hydrogen-bond donors (Lipinski definition) is 1. The van der Waals surface area contributed by atoms with Crippen molar-refractivity contribution in [1.82, 2.24) is 10.2 Å². The van der Waals surface area contributed by atoms with Crippen LogP contribution < -0.4 is 10.1 Å². The average molecular weight is 336 g/mol. The van der Waals surface area contributed by atoms with Gasteiger partial charge in [-0.2, -0.15) is 0 Å². The minimum absolute atomic E-state index is 0.132. The zero-order valence-electron chi connectivity index (χ0n) is 13.9. The minimum atomic E-state index is -0.396. The normalized spacial score (nSPS) is 19.0. The Morgan fingerprint density at radius 3 is 2.48 bits per heavy atom. The van der Waals surface area contributed by atoms with E-state index < -0.39 is 11.6 Å². The van der Waals surface area contributed by atoms with Crippen molar-refractivity contribution < 1.29 is 14.3 Å². The van der Waals surface area contributed by atoms with E-state index in [2.05, 4.69) is 10.2 Å². The lowest BCUT2D eigenvalue weighted by molar-refractivity contribution is 0.0823. The number of para-hydroxylation sites is 1. The molecule has 0 bridgehead atoms. The molecule has 25 heavy (non-hydrogen) atoms. The summed E-state index contributed by atoms with van der Waals surface area (Å²) in [5.41, 5.74) is 1.38. The number of carbonyl (C=O) groups excluding carboxylic acids is 2. The van der Waals surface area contributed by atoms with Crippen LogP contribution in [-0.2, 0) is 5.54 Å². The molecule has 0 aliphatic carbocycles. The van der Waals surface area contributed by atoms with Crippen molar-refractivity contribution in [2.24, 2.45) is 0 Å². The molecule has 1 amide bonds. The SMILES string of the molecule is O=C1NC2(CCN(CC(=O)c3ccccc3)CC2)c2ccccc2O1. The molecule has 2 heterocycles. The standard InChI is InChI=1S/C20H20N2O3/c23-17(15-6-2-1-3-7-15)14-22-12-10-20(11-13-22)16-8-4-5-9-18(16)25-19(24)21-20/h1-9H,10-14H2,(H,21,24). The number of ether oxygens (including phenoxy) is 1. The van der Waals surface area contributed by atoms with Gasteiger partial charge in [-0.3, -0.25) is 9.69 Å². The lowest BCUT2D eigenvalue weighted by Crippen LogP contribution is -2.56. The number of amides is 1. The second-order valence-corrected chi connectivity index (χ2v) is 6.66. The van der Waals surface area contributed by atoms with Gasteiger partial charge in [-0.1, -0.05) is 48.5 Å². The van der Waals surface area contributed by atoms with Gasteiger partial charge in [-0.25, -0.2) is 4.79 Å². The summed E-state index contributed by atoms with van der Waals surface area (Å²) in [7, 11) is 0. The third-order valence-electron chi connectivity index (χ3n) is 5.12. The van der Waals surface area contributed by atoms with Crippen LogP contribution >= 0.6 is 0 Å². The first-order valence-electron chi connectivity index (χ1n) is 8.56. The number of nitrogens with zero attached hydrogens (tertiary/aromatic N) is 1. The Hall–Kier alpha value is -2.66. The highest BCUT2D eigenvalue weighted by atomic mass is 16.6. The van der Waals surface area contributed by atoms with Gasteiger partial charge in [0.25, 0.3) is 0 Å². The first-order valence-corrected chi connectivity index (χ1v) is 8.56. The van der Waals surface area contributed by atoms with Crippen molar-refractivity contribution in [3.05, 3.63) is 65.7 Å². The Labute approximate surface area is 146 Å². The highest BCUT2D eigenvalue weighted by Crippen LogP contribution is 2.40.